The summed E-state index contributed by atoms with van der Waals surface area (Å²) in [7, 11) is -1.24. The van der Waals surface area contributed by atoms with E-state index in [-0.39, 0.29) is 18.2 Å². The number of ether oxygens (including phenoxy) is 2. The van der Waals surface area contributed by atoms with Crippen LogP contribution in [0.15, 0.2) is 30.5 Å². The third-order valence-electron chi connectivity index (χ3n) is 5.46. The van der Waals surface area contributed by atoms with Gasteiger partial charge in [0.25, 0.3) is 5.91 Å². The maximum absolute atomic E-state index is 13.2. The molecule has 9 heteroatoms. The van der Waals surface area contributed by atoms with Crippen LogP contribution in [0.5, 0.6) is 5.75 Å². The standard InChI is InChI=1S/C25H32N4O4Si/c1-18(30)33-21-10-11-23(22(14-21)19-8-6-5-7-9-19)28-25(31)24-27-20(15-26)16-29(24)17-32-12-13-34(2,3)4/h8,10-11,14,16H,5-7,9,12-13,17H2,1-4H3,(H,28,31). The number of esters is 1. The molecule has 1 aromatic carbocycles. The van der Waals surface area contributed by atoms with E-state index < -0.39 is 20.0 Å². The number of anilines is 1. The van der Waals surface area contributed by atoms with Crippen LogP contribution in [0.4, 0.5) is 5.69 Å². The first-order valence-corrected chi connectivity index (χ1v) is 15.3. The number of nitriles is 1. The number of benzene rings is 1. The van der Waals surface area contributed by atoms with Gasteiger partial charge < -0.3 is 19.4 Å². The summed E-state index contributed by atoms with van der Waals surface area (Å²) in [6.07, 6.45) is 7.71. The van der Waals surface area contributed by atoms with Gasteiger partial charge in [0.05, 0.1) is 0 Å². The lowest BCUT2D eigenvalue weighted by Gasteiger charge is -2.18. The van der Waals surface area contributed by atoms with Crippen LogP contribution in [0.3, 0.4) is 0 Å². The Kier molecular flexibility index (Phi) is 8.42. The average molecular weight is 481 g/mol. The van der Waals surface area contributed by atoms with Gasteiger partial charge in [-0.1, -0.05) is 25.7 Å². The van der Waals surface area contributed by atoms with Gasteiger partial charge in [-0.2, -0.15) is 5.26 Å². The van der Waals surface area contributed by atoms with Gasteiger partial charge in [0.1, 0.15) is 18.5 Å². The van der Waals surface area contributed by atoms with Crippen LogP contribution < -0.4 is 10.1 Å². The highest BCUT2D eigenvalue weighted by molar-refractivity contribution is 6.76. The van der Waals surface area contributed by atoms with E-state index in [1.165, 1.54) is 13.1 Å². The molecule has 0 radical (unpaired) electrons. The van der Waals surface area contributed by atoms with E-state index in [1.807, 2.05) is 6.07 Å². The molecule has 180 valence electrons. The second-order valence-corrected chi connectivity index (χ2v) is 15.2. The number of carbonyl (C=O) groups excluding carboxylic acids is 2. The maximum atomic E-state index is 13.2. The fourth-order valence-electron chi connectivity index (χ4n) is 3.68. The molecule has 3 rings (SSSR count). The Balaban J connectivity index is 1.83. The second-order valence-electron chi connectivity index (χ2n) is 9.61. The minimum Gasteiger partial charge on any atom is -0.427 e. The Bertz CT molecular complexity index is 1120. The Morgan fingerprint density at radius 2 is 2.06 bits per heavy atom. The molecule has 0 unspecified atom stereocenters. The largest absolute Gasteiger partial charge is 0.427 e. The molecule has 0 bridgehead atoms. The third-order valence-corrected chi connectivity index (χ3v) is 7.16. The van der Waals surface area contributed by atoms with Gasteiger partial charge in [-0.3, -0.25) is 9.59 Å². The summed E-state index contributed by atoms with van der Waals surface area (Å²) in [5, 5.41) is 12.2. The van der Waals surface area contributed by atoms with E-state index in [0.717, 1.165) is 42.9 Å². The minimum atomic E-state index is -1.24. The molecular formula is C25H32N4O4Si. The van der Waals surface area contributed by atoms with E-state index in [0.29, 0.717) is 18.0 Å². The smallest absolute Gasteiger partial charge is 0.308 e. The highest BCUT2D eigenvalue weighted by Crippen LogP contribution is 2.34. The number of hydrogen-bond acceptors (Lipinski definition) is 6. The quantitative estimate of drug-likeness (QED) is 0.229. The minimum absolute atomic E-state index is 0.109. The molecule has 8 nitrogen and oxygen atoms in total. The maximum Gasteiger partial charge on any atom is 0.308 e. The summed E-state index contributed by atoms with van der Waals surface area (Å²) in [5.74, 6) is -0.304. The van der Waals surface area contributed by atoms with Crippen molar-refractivity contribution >= 4 is 31.2 Å². The Morgan fingerprint density at radius 3 is 2.71 bits per heavy atom. The third kappa shape index (κ3) is 7.14. The van der Waals surface area contributed by atoms with Gasteiger partial charge >= 0.3 is 5.97 Å². The molecule has 1 aliphatic carbocycles. The van der Waals surface area contributed by atoms with Gasteiger partial charge in [-0.05, 0) is 55.5 Å². The van der Waals surface area contributed by atoms with Crippen LogP contribution in [0.1, 0.15) is 54.5 Å². The van der Waals surface area contributed by atoms with Gasteiger partial charge in [-0.15, -0.1) is 0 Å². The van der Waals surface area contributed by atoms with Crippen molar-refractivity contribution < 1.29 is 19.1 Å². The fraction of sp³-hybridized carbons (Fsp3) is 0.440. The number of hydrogen-bond donors (Lipinski definition) is 1. The van der Waals surface area contributed by atoms with Crippen molar-refractivity contribution in [3.8, 4) is 11.8 Å². The van der Waals surface area contributed by atoms with Gasteiger partial charge in [-0.25, -0.2) is 4.98 Å². The van der Waals surface area contributed by atoms with Crippen molar-refractivity contribution in [3.05, 3.63) is 47.6 Å². The van der Waals surface area contributed by atoms with E-state index in [9.17, 15) is 14.9 Å². The molecule has 1 N–H and O–H groups in total. The van der Waals surface area contributed by atoms with Crippen molar-refractivity contribution in [2.75, 3.05) is 11.9 Å². The number of allylic oxidation sites excluding steroid dienone is 2. The van der Waals surface area contributed by atoms with Crippen molar-refractivity contribution in [3.63, 3.8) is 0 Å². The molecule has 0 aliphatic heterocycles. The molecule has 2 aromatic rings. The number of rotatable bonds is 9. The number of amides is 1. The molecule has 34 heavy (non-hydrogen) atoms. The van der Waals surface area contributed by atoms with Crippen LogP contribution >= 0.6 is 0 Å². The Morgan fingerprint density at radius 1 is 1.26 bits per heavy atom. The second kappa shape index (κ2) is 11.3. The predicted molar refractivity (Wildman–Crippen MR) is 133 cm³/mol. The average Bonchev–Trinajstić information content (AvgIpc) is 3.21. The number of carbonyl (C=O) groups is 2. The lowest BCUT2D eigenvalue weighted by atomic mass is 9.92. The topological polar surface area (TPSA) is 106 Å². The zero-order valence-corrected chi connectivity index (χ0v) is 21.3. The normalized spacial score (nSPS) is 13.7. The lowest BCUT2D eigenvalue weighted by molar-refractivity contribution is -0.131. The van der Waals surface area contributed by atoms with Crippen LogP contribution in [-0.4, -0.2) is 36.1 Å². The molecule has 0 spiro atoms. The first kappa shape index (κ1) is 25.4. The molecule has 1 aliphatic rings. The monoisotopic (exact) mass is 480 g/mol. The molecular weight excluding hydrogens is 448 g/mol. The molecule has 0 atom stereocenters. The highest BCUT2D eigenvalue weighted by atomic mass is 28.3. The van der Waals surface area contributed by atoms with Gasteiger partial charge in [0.15, 0.2) is 5.69 Å². The highest BCUT2D eigenvalue weighted by Gasteiger charge is 2.20. The summed E-state index contributed by atoms with van der Waals surface area (Å²) >= 11 is 0. The van der Waals surface area contributed by atoms with Crippen molar-refractivity contribution in [2.24, 2.45) is 0 Å². The van der Waals surface area contributed by atoms with Gasteiger partial charge in [0.2, 0.25) is 5.82 Å². The van der Waals surface area contributed by atoms with Crippen LogP contribution in [0.25, 0.3) is 5.57 Å². The first-order chi connectivity index (χ1) is 16.2. The lowest BCUT2D eigenvalue weighted by Crippen LogP contribution is -2.23. The summed E-state index contributed by atoms with van der Waals surface area (Å²) in [6, 6.07) is 8.15. The number of nitrogens with zero attached hydrogens (tertiary/aromatic N) is 3. The van der Waals surface area contributed by atoms with Crippen LogP contribution in [-0.2, 0) is 16.3 Å². The zero-order valence-electron chi connectivity index (χ0n) is 20.3. The van der Waals surface area contributed by atoms with Gasteiger partial charge in [0, 0.05) is 39.1 Å². The summed E-state index contributed by atoms with van der Waals surface area (Å²) in [4.78, 5) is 28.8. The molecule has 1 amide bonds. The Labute approximate surface area is 201 Å². The Hall–Kier alpha value is -3.22. The van der Waals surface area contributed by atoms with Crippen molar-refractivity contribution in [1.82, 2.24) is 9.55 Å². The molecule has 0 saturated carbocycles. The predicted octanol–water partition coefficient (Wildman–Crippen LogP) is 5.20. The molecule has 1 heterocycles. The number of aromatic nitrogens is 2. The van der Waals surface area contributed by atoms with Crippen LogP contribution in [0, 0.1) is 11.3 Å². The summed E-state index contributed by atoms with van der Waals surface area (Å²) < 4.78 is 12.6. The van der Waals surface area contributed by atoms with Crippen LogP contribution in [0.2, 0.25) is 25.7 Å². The number of imidazole rings is 1. The van der Waals surface area contributed by atoms with E-state index in [2.05, 4.69) is 36.0 Å². The van der Waals surface area contributed by atoms with E-state index in [1.54, 1.807) is 22.8 Å². The fourth-order valence-corrected chi connectivity index (χ4v) is 4.44. The molecule has 0 saturated heterocycles. The number of nitrogens with one attached hydrogen (secondary N) is 1. The van der Waals surface area contributed by atoms with Crippen molar-refractivity contribution in [1.29, 1.82) is 5.26 Å². The SMILES string of the molecule is CC(=O)Oc1ccc(NC(=O)c2nc(C#N)cn2COCC[Si](C)(C)C)c(C2=CCCCC2)c1. The van der Waals surface area contributed by atoms with E-state index in [4.69, 9.17) is 9.47 Å². The molecule has 0 fully saturated rings. The zero-order chi connectivity index (χ0) is 24.7. The van der Waals surface area contributed by atoms with E-state index >= 15 is 0 Å². The van der Waals surface area contributed by atoms with Crippen molar-refractivity contribution in [2.45, 2.75) is 65.0 Å². The first-order valence-electron chi connectivity index (χ1n) is 11.5. The summed E-state index contributed by atoms with van der Waals surface area (Å²) in [5.41, 5.74) is 2.67. The molecule has 1 aromatic heterocycles. The summed E-state index contributed by atoms with van der Waals surface area (Å²) in [6.45, 7) is 8.90.